The van der Waals surface area contributed by atoms with E-state index < -0.39 is 10.0 Å². The van der Waals surface area contributed by atoms with Crippen LogP contribution in [0, 0.1) is 6.92 Å². The normalized spacial score (nSPS) is 12.0. The van der Waals surface area contributed by atoms with Gasteiger partial charge in [-0.1, -0.05) is 41.9 Å². The smallest absolute Gasteiger partial charge is 0.268 e. The molecule has 0 saturated heterocycles. The van der Waals surface area contributed by atoms with Crippen molar-refractivity contribution >= 4 is 43.4 Å². The number of hydrogen-bond acceptors (Lipinski definition) is 3. The molecule has 0 aliphatic carbocycles. The Morgan fingerprint density at radius 2 is 1.69 bits per heavy atom. The van der Waals surface area contributed by atoms with Crippen LogP contribution in [0.3, 0.4) is 0 Å². The molecule has 2 aromatic heterocycles. The van der Waals surface area contributed by atoms with Gasteiger partial charge in [0.2, 0.25) is 0 Å². The van der Waals surface area contributed by atoms with Crippen LogP contribution in [0.2, 0.25) is 5.02 Å². The minimum Gasteiger partial charge on any atom is -0.497 e. The van der Waals surface area contributed by atoms with Crippen LogP contribution in [0.1, 0.15) is 16.8 Å². The van der Waals surface area contributed by atoms with Crippen molar-refractivity contribution in [3.05, 3.63) is 94.8 Å². The fraction of sp³-hybridized carbons (Fsp3) is 0.120. The number of benzene rings is 3. The SMILES string of the molecule is COc1ccc(S(=O)(=O)n2c(Cc3c[nH]c4c(Cl)cccc34)c(C)c3ccccc32)cc1. The second-order valence-electron chi connectivity index (χ2n) is 7.69. The van der Waals surface area contributed by atoms with Gasteiger partial charge in [0.25, 0.3) is 10.0 Å². The summed E-state index contributed by atoms with van der Waals surface area (Å²) in [5.74, 6) is 0.605. The minimum absolute atomic E-state index is 0.210. The van der Waals surface area contributed by atoms with Crippen LogP contribution < -0.4 is 4.74 Å². The van der Waals surface area contributed by atoms with Gasteiger partial charge in [0.1, 0.15) is 5.75 Å². The summed E-state index contributed by atoms with van der Waals surface area (Å²) in [6, 6.07) is 19.8. The van der Waals surface area contributed by atoms with Gasteiger partial charge in [-0.3, -0.25) is 0 Å². The first kappa shape index (κ1) is 20.7. The molecule has 1 N–H and O–H groups in total. The summed E-state index contributed by atoms with van der Waals surface area (Å²) >= 11 is 6.33. The number of fused-ring (bicyclic) bond motifs is 2. The van der Waals surface area contributed by atoms with E-state index in [1.54, 1.807) is 31.4 Å². The predicted molar refractivity (Wildman–Crippen MR) is 128 cm³/mol. The number of ether oxygens (including phenoxy) is 1. The largest absolute Gasteiger partial charge is 0.497 e. The van der Waals surface area contributed by atoms with Gasteiger partial charge in [-0.25, -0.2) is 12.4 Å². The van der Waals surface area contributed by atoms with Gasteiger partial charge in [0, 0.05) is 29.1 Å². The lowest BCUT2D eigenvalue weighted by Crippen LogP contribution is -2.16. The summed E-state index contributed by atoms with van der Waals surface area (Å²) in [6.45, 7) is 1.97. The summed E-state index contributed by atoms with van der Waals surface area (Å²) in [5.41, 5.74) is 4.16. The van der Waals surface area contributed by atoms with Gasteiger partial charge in [-0.15, -0.1) is 0 Å². The van der Waals surface area contributed by atoms with Crippen molar-refractivity contribution in [2.45, 2.75) is 18.2 Å². The van der Waals surface area contributed by atoms with Crippen molar-refractivity contribution in [3.63, 3.8) is 0 Å². The standard InChI is InChI=1S/C25H21ClN2O3S/c1-16-20-6-3-4-9-23(20)28(32(29,30)19-12-10-18(31-2)11-13-19)24(16)14-17-15-27-25-21(17)7-5-8-22(25)26/h3-13,15,27H,14H2,1-2H3. The highest BCUT2D eigenvalue weighted by Crippen LogP contribution is 2.34. The van der Waals surface area contributed by atoms with E-state index in [2.05, 4.69) is 4.98 Å². The van der Waals surface area contributed by atoms with E-state index in [1.165, 1.54) is 3.97 Å². The second-order valence-corrected chi connectivity index (χ2v) is 9.88. The third-order valence-electron chi connectivity index (χ3n) is 5.91. The number of rotatable bonds is 5. The highest BCUT2D eigenvalue weighted by molar-refractivity contribution is 7.90. The summed E-state index contributed by atoms with van der Waals surface area (Å²) in [6.07, 6.45) is 2.34. The van der Waals surface area contributed by atoms with Crippen LogP contribution >= 0.6 is 11.6 Å². The Morgan fingerprint density at radius 3 is 2.44 bits per heavy atom. The first-order valence-corrected chi connectivity index (χ1v) is 12.0. The Hall–Kier alpha value is -3.22. The average Bonchev–Trinajstić information content (AvgIpc) is 3.34. The molecule has 5 rings (SSSR count). The summed E-state index contributed by atoms with van der Waals surface area (Å²) in [7, 11) is -2.29. The molecular weight excluding hydrogens is 444 g/mol. The van der Waals surface area contributed by atoms with Gasteiger partial charge >= 0.3 is 0 Å². The highest BCUT2D eigenvalue weighted by Gasteiger charge is 2.26. The van der Waals surface area contributed by atoms with Gasteiger partial charge in [-0.05, 0) is 54.4 Å². The van der Waals surface area contributed by atoms with Crippen LogP contribution in [0.5, 0.6) is 5.75 Å². The van der Waals surface area contributed by atoms with E-state index in [9.17, 15) is 8.42 Å². The predicted octanol–water partition coefficient (Wildman–Crippen LogP) is 5.92. The molecule has 0 atom stereocenters. The van der Waals surface area contributed by atoms with E-state index in [0.717, 1.165) is 33.1 Å². The summed E-state index contributed by atoms with van der Waals surface area (Å²) in [5, 5.41) is 2.53. The zero-order valence-corrected chi connectivity index (χ0v) is 19.2. The quantitative estimate of drug-likeness (QED) is 0.351. The Morgan fingerprint density at radius 1 is 0.969 bits per heavy atom. The molecule has 0 spiro atoms. The number of hydrogen-bond donors (Lipinski definition) is 1. The zero-order chi connectivity index (χ0) is 22.5. The van der Waals surface area contributed by atoms with Crippen molar-refractivity contribution in [1.82, 2.24) is 8.96 Å². The number of aromatic amines is 1. The van der Waals surface area contributed by atoms with E-state index in [4.69, 9.17) is 16.3 Å². The van der Waals surface area contributed by atoms with Crippen molar-refractivity contribution in [3.8, 4) is 5.75 Å². The number of methoxy groups -OCH3 is 1. The minimum atomic E-state index is -3.84. The third-order valence-corrected chi connectivity index (χ3v) is 7.99. The molecule has 162 valence electrons. The molecule has 5 nitrogen and oxygen atoms in total. The van der Waals surface area contributed by atoms with Crippen LogP contribution in [0.25, 0.3) is 21.8 Å². The van der Waals surface area contributed by atoms with E-state index in [1.807, 2.05) is 55.6 Å². The fourth-order valence-electron chi connectivity index (χ4n) is 4.26. The van der Waals surface area contributed by atoms with E-state index in [0.29, 0.717) is 22.7 Å². The van der Waals surface area contributed by atoms with E-state index in [-0.39, 0.29) is 4.90 Å². The van der Waals surface area contributed by atoms with Crippen LogP contribution in [0.4, 0.5) is 0 Å². The molecule has 0 radical (unpaired) electrons. The molecule has 7 heteroatoms. The van der Waals surface area contributed by atoms with Gasteiger partial charge in [-0.2, -0.15) is 0 Å². The topological polar surface area (TPSA) is 64.1 Å². The molecule has 0 fully saturated rings. The first-order chi connectivity index (χ1) is 15.4. The number of para-hydroxylation sites is 2. The number of aryl methyl sites for hydroxylation is 1. The second kappa shape index (κ2) is 7.73. The Labute approximate surface area is 191 Å². The fourth-order valence-corrected chi connectivity index (χ4v) is 6.08. The molecule has 2 heterocycles. The Kier molecular flexibility index (Phi) is 4.99. The zero-order valence-electron chi connectivity index (χ0n) is 17.6. The average molecular weight is 465 g/mol. The maximum Gasteiger partial charge on any atom is 0.268 e. The van der Waals surface area contributed by atoms with Crippen LogP contribution in [0.15, 0.2) is 77.8 Å². The number of halogens is 1. The first-order valence-electron chi connectivity index (χ1n) is 10.1. The molecule has 0 bridgehead atoms. The lowest BCUT2D eigenvalue weighted by atomic mass is 10.1. The lowest BCUT2D eigenvalue weighted by Gasteiger charge is -2.13. The Balaban J connectivity index is 1.73. The molecular formula is C25H21ClN2O3S. The highest BCUT2D eigenvalue weighted by atomic mass is 35.5. The third kappa shape index (κ3) is 3.18. The Bertz CT molecular complexity index is 1560. The molecule has 0 unspecified atom stereocenters. The molecule has 0 aliphatic heterocycles. The molecule has 5 aromatic rings. The summed E-state index contributed by atoms with van der Waals surface area (Å²) in [4.78, 5) is 3.44. The van der Waals surface area contributed by atoms with Crippen molar-refractivity contribution in [2.24, 2.45) is 0 Å². The number of aromatic nitrogens is 2. The lowest BCUT2D eigenvalue weighted by molar-refractivity contribution is 0.414. The van der Waals surface area contributed by atoms with Crippen LogP contribution in [-0.4, -0.2) is 24.5 Å². The van der Waals surface area contributed by atoms with Crippen molar-refractivity contribution in [2.75, 3.05) is 7.11 Å². The molecule has 0 amide bonds. The van der Waals surface area contributed by atoms with Gasteiger partial charge < -0.3 is 9.72 Å². The maximum absolute atomic E-state index is 13.8. The van der Waals surface area contributed by atoms with Crippen LogP contribution in [-0.2, 0) is 16.4 Å². The molecule has 0 saturated carbocycles. The molecule has 0 aliphatic rings. The van der Waals surface area contributed by atoms with Gasteiger partial charge in [0.05, 0.1) is 28.1 Å². The van der Waals surface area contributed by atoms with Gasteiger partial charge in [0.15, 0.2) is 0 Å². The monoisotopic (exact) mass is 464 g/mol. The number of nitrogens with one attached hydrogen (secondary N) is 1. The summed E-state index contributed by atoms with van der Waals surface area (Å²) < 4.78 is 34.3. The maximum atomic E-state index is 13.8. The van der Waals surface area contributed by atoms with Crippen molar-refractivity contribution < 1.29 is 13.2 Å². The number of nitrogens with zero attached hydrogens (tertiary/aromatic N) is 1. The number of H-pyrrole nitrogens is 1. The molecule has 3 aromatic carbocycles. The van der Waals surface area contributed by atoms with Crippen molar-refractivity contribution in [1.29, 1.82) is 0 Å². The molecule has 32 heavy (non-hydrogen) atoms. The van der Waals surface area contributed by atoms with E-state index >= 15 is 0 Å².